The van der Waals surface area contributed by atoms with E-state index in [1.165, 1.54) is 0 Å². The maximum atomic E-state index is 11.1. The van der Waals surface area contributed by atoms with Crippen molar-refractivity contribution < 1.29 is 24.1 Å². The summed E-state index contributed by atoms with van der Waals surface area (Å²) in [5, 5.41) is 9.10. The molecule has 5 heteroatoms. The number of hydrogen-bond donors (Lipinski definition) is 1. The lowest BCUT2D eigenvalue weighted by Crippen LogP contribution is -2.02. The molecule has 5 nitrogen and oxygen atoms in total. The number of aryl methyl sites for hydroxylation is 1. The van der Waals surface area contributed by atoms with E-state index < -0.39 is 5.97 Å². The highest BCUT2D eigenvalue weighted by atomic mass is 16.7. The largest absolute Gasteiger partial charge is 0.489 e. The molecule has 0 amide bonds. The minimum absolute atomic E-state index is 0.247. The van der Waals surface area contributed by atoms with Crippen molar-refractivity contribution in [3.63, 3.8) is 0 Å². The summed E-state index contributed by atoms with van der Waals surface area (Å²) in [6.45, 7) is 2.69. The second-order valence-electron chi connectivity index (χ2n) is 5.35. The van der Waals surface area contributed by atoms with Gasteiger partial charge in [0, 0.05) is 0 Å². The third-order valence-corrected chi connectivity index (χ3v) is 3.66. The molecule has 0 unspecified atom stereocenters. The molecule has 1 aliphatic heterocycles. The Labute approximate surface area is 134 Å². The Morgan fingerprint density at radius 2 is 2.00 bits per heavy atom. The first-order valence-electron chi connectivity index (χ1n) is 7.55. The molecule has 0 spiro atoms. The summed E-state index contributed by atoms with van der Waals surface area (Å²) < 4.78 is 16.5. The third-order valence-electron chi connectivity index (χ3n) is 3.66. The average molecular weight is 314 g/mol. The van der Waals surface area contributed by atoms with Gasteiger partial charge in [-0.05, 0) is 47.9 Å². The summed E-state index contributed by atoms with van der Waals surface area (Å²) in [6.07, 6.45) is 1.70. The van der Waals surface area contributed by atoms with Gasteiger partial charge < -0.3 is 19.3 Å². The summed E-state index contributed by atoms with van der Waals surface area (Å²) in [4.78, 5) is 11.1. The predicted molar refractivity (Wildman–Crippen MR) is 84.3 cm³/mol. The Morgan fingerprint density at radius 3 is 2.78 bits per heavy atom. The van der Waals surface area contributed by atoms with Crippen LogP contribution in [-0.4, -0.2) is 17.9 Å². The van der Waals surface area contributed by atoms with Gasteiger partial charge >= 0.3 is 5.97 Å². The number of benzene rings is 2. The van der Waals surface area contributed by atoms with Gasteiger partial charge in [-0.15, -0.1) is 0 Å². The van der Waals surface area contributed by atoms with Crippen molar-refractivity contribution in [1.82, 2.24) is 0 Å². The van der Waals surface area contributed by atoms with E-state index in [0.29, 0.717) is 6.61 Å². The molecule has 120 valence electrons. The number of carboxylic acid groups (broad SMARTS) is 1. The van der Waals surface area contributed by atoms with Crippen LogP contribution in [0.15, 0.2) is 36.4 Å². The Morgan fingerprint density at radius 1 is 1.17 bits per heavy atom. The fourth-order valence-electron chi connectivity index (χ4n) is 2.51. The van der Waals surface area contributed by atoms with Crippen LogP contribution in [-0.2, 0) is 13.0 Å². The number of carboxylic acids is 1. The number of fused-ring (bicyclic) bond motifs is 1. The van der Waals surface area contributed by atoms with Crippen LogP contribution in [0.5, 0.6) is 17.2 Å². The first-order chi connectivity index (χ1) is 11.2. The molecule has 1 N–H and O–H groups in total. The van der Waals surface area contributed by atoms with Crippen LogP contribution in [0.3, 0.4) is 0 Å². The molecule has 2 aromatic rings. The van der Waals surface area contributed by atoms with Crippen molar-refractivity contribution in [3.05, 3.63) is 53.1 Å². The molecule has 0 fully saturated rings. The number of rotatable bonds is 6. The van der Waals surface area contributed by atoms with E-state index in [-0.39, 0.29) is 12.4 Å². The Bertz CT molecular complexity index is 723. The van der Waals surface area contributed by atoms with Crippen molar-refractivity contribution in [3.8, 4) is 17.2 Å². The second-order valence-corrected chi connectivity index (χ2v) is 5.35. The molecule has 23 heavy (non-hydrogen) atoms. The van der Waals surface area contributed by atoms with Crippen molar-refractivity contribution >= 4 is 5.97 Å². The van der Waals surface area contributed by atoms with E-state index in [2.05, 4.69) is 6.92 Å². The lowest BCUT2D eigenvalue weighted by atomic mass is 10.1. The quantitative estimate of drug-likeness (QED) is 0.881. The Balaban J connectivity index is 1.75. The molecule has 2 aromatic carbocycles. The summed E-state index contributed by atoms with van der Waals surface area (Å²) in [5.41, 5.74) is 2.16. The minimum Gasteiger partial charge on any atom is -0.489 e. The van der Waals surface area contributed by atoms with Crippen molar-refractivity contribution in [2.45, 2.75) is 26.4 Å². The maximum absolute atomic E-state index is 11.1. The molecule has 0 radical (unpaired) electrons. The van der Waals surface area contributed by atoms with Crippen LogP contribution in [0.1, 0.15) is 34.8 Å². The topological polar surface area (TPSA) is 65.0 Å². The van der Waals surface area contributed by atoms with Gasteiger partial charge in [-0.1, -0.05) is 19.4 Å². The summed E-state index contributed by atoms with van der Waals surface area (Å²) >= 11 is 0. The number of aromatic carboxylic acids is 1. The smallest absolute Gasteiger partial charge is 0.335 e. The third kappa shape index (κ3) is 3.39. The van der Waals surface area contributed by atoms with Crippen LogP contribution in [0, 0.1) is 0 Å². The molecule has 0 atom stereocenters. The van der Waals surface area contributed by atoms with Gasteiger partial charge in [-0.3, -0.25) is 0 Å². The molecule has 0 saturated heterocycles. The van der Waals surface area contributed by atoms with Crippen molar-refractivity contribution in [2.75, 3.05) is 6.79 Å². The van der Waals surface area contributed by atoms with E-state index in [4.69, 9.17) is 19.3 Å². The van der Waals surface area contributed by atoms with Gasteiger partial charge in [0.1, 0.15) is 12.4 Å². The summed E-state index contributed by atoms with van der Waals surface area (Å²) in [6, 6.07) is 10.7. The van der Waals surface area contributed by atoms with Gasteiger partial charge in [0.25, 0.3) is 0 Å². The lowest BCUT2D eigenvalue weighted by molar-refractivity contribution is 0.0696. The van der Waals surface area contributed by atoms with Gasteiger partial charge in [0.05, 0.1) is 5.56 Å². The van der Waals surface area contributed by atoms with Crippen LogP contribution < -0.4 is 14.2 Å². The van der Waals surface area contributed by atoms with E-state index in [9.17, 15) is 4.79 Å². The molecule has 0 aromatic heterocycles. The zero-order chi connectivity index (χ0) is 16.2. The minimum atomic E-state index is -0.926. The van der Waals surface area contributed by atoms with E-state index >= 15 is 0 Å². The number of carbonyl (C=O) groups is 1. The first-order valence-corrected chi connectivity index (χ1v) is 7.55. The predicted octanol–water partition coefficient (Wildman–Crippen LogP) is 3.65. The lowest BCUT2D eigenvalue weighted by Gasteiger charge is -2.12. The zero-order valence-corrected chi connectivity index (χ0v) is 12.9. The van der Waals surface area contributed by atoms with E-state index in [1.807, 2.05) is 18.2 Å². The average Bonchev–Trinajstić information content (AvgIpc) is 3.01. The summed E-state index contributed by atoms with van der Waals surface area (Å²) in [7, 11) is 0. The second kappa shape index (κ2) is 6.60. The van der Waals surface area contributed by atoms with Gasteiger partial charge in [0.15, 0.2) is 11.5 Å². The molecule has 1 heterocycles. The molecule has 0 saturated carbocycles. The molecule has 3 rings (SSSR count). The van der Waals surface area contributed by atoms with Gasteiger partial charge in [0.2, 0.25) is 6.79 Å². The maximum Gasteiger partial charge on any atom is 0.335 e. The first kappa shape index (κ1) is 15.2. The van der Waals surface area contributed by atoms with Crippen molar-refractivity contribution in [1.29, 1.82) is 0 Å². The SMILES string of the molecule is CCCc1cc(C(=O)O)ccc1OCc1ccc2c(c1)OCO2. The van der Waals surface area contributed by atoms with Gasteiger partial charge in [-0.25, -0.2) is 4.79 Å². The molecular weight excluding hydrogens is 296 g/mol. The monoisotopic (exact) mass is 314 g/mol. The standard InChI is InChI=1S/C18H18O5/c1-2-3-13-9-14(18(19)20)5-7-15(13)21-10-12-4-6-16-17(8-12)23-11-22-16/h4-9H,2-3,10-11H2,1H3,(H,19,20). The van der Waals surface area contributed by atoms with Crippen LogP contribution in [0.25, 0.3) is 0 Å². The van der Waals surface area contributed by atoms with Crippen LogP contribution in [0.2, 0.25) is 0 Å². The Kier molecular flexibility index (Phi) is 4.37. The molecule has 0 bridgehead atoms. The zero-order valence-electron chi connectivity index (χ0n) is 12.9. The molecule has 0 aliphatic carbocycles. The fraction of sp³-hybridized carbons (Fsp3) is 0.278. The number of hydrogen-bond acceptors (Lipinski definition) is 4. The highest BCUT2D eigenvalue weighted by Crippen LogP contribution is 2.33. The fourth-order valence-corrected chi connectivity index (χ4v) is 2.51. The van der Waals surface area contributed by atoms with E-state index in [0.717, 1.165) is 41.2 Å². The highest BCUT2D eigenvalue weighted by Gasteiger charge is 2.14. The Hall–Kier alpha value is -2.69. The van der Waals surface area contributed by atoms with Crippen LogP contribution in [0.4, 0.5) is 0 Å². The van der Waals surface area contributed by atoms with Gasteiger partial charge in [-0.2, -0.15) is 0 Å². The molecule has 1 aliphatic rings. The van der Waals surface area contributed by atoms with Crippen LogP contribution >= 0.6 is 0 Å². The highest BCUT2D eigenvalue weighted by molar-refractivity contribution is 5.88. The van der Waals surface area contributed by atoms with Crippen molar-refractivity contribution in [2.24, 2.45) is 0 Å². The number of ether oxygens (including phenoxy) is 3. The van der Waals surface area contributed by atoms with E-state index in [1.54, 1.807) is 18.2 Å². The molecular formula is C18H18O5. The normalized spacial score (nSPS) is 12.2. The summed E-state index contributed by atoms with van der Waals surface area (Å²) in [5.74, 6) is 1.26.